The first kappa shape index (κ1) is 9.15. The molecule has 1 aromatic heterocycles. The Kier molecular flexibility index (Phi) is 3.19. The second kappa shape index (κ2) is 4.18. The zero-order valence-electron chi connectivity index (χ0n) is 6.43. The summed E-state index contributed by atoms with van der Waals surface area (Å²) in [5, 5.41) is 11.2. The van der Waals surface area contributed by atoms with Crippen molar-refractivity contribution in [2.75, 3.05) is 0 Å². The molecule has 1 atom stereocenters. The maximum atomic E-state index is 10.2. The third-order valence-corrected chi connectivity index (χ3v) is 2.16. The molecule has 5 heteroatoms. The minimum absolute atomic E-state index is 0.000417. The van der Waals surface area contributed by atoms with E-state index in [1.54, 1.807) is 6.20 Å². The normalized spacial score (nSPS) is 12.8. The van der Waals surface area contributed by atoms with Gasteiger partial charge in [0, 0.05) is 24.0 Å². The number of carboxylic acid groups (broad SMARTS) is 1. The average Bonchev–Trinajstić information content (AvgIpc) is 2.37. The number of aliphatic carboxylic acids is 1. The summed E-state index contributed by atoms with van der Waals surface area (Å²) in [7, 11) is 0. The van der Waals surface area contributed by atoms with Crippen LogP contribution in [-0.4, -0.2) is 22.1 Å². The Bertz CT molecular complexity index is 248. The van der Waals surface area contributed by atoms with Crippen LogP contribution in [0.25, 0.3) is 0 Å². The molecule has 0 aliphatic heterocycles. The highest BCUT2D eigenvalue weighted by Gasteiger charge is 2.09. The molecule has 0 aliphatic carbocycles. The first-order valence-electron chi connectivity index (χ1n) is 3.54. The predicted molar refractivity (Wildman–Crippen MR) is 46.0 cm³/mol. The van der Waals surface area contributed by atoms with Crippen LogP contribution in [0.4, 0.5) is 0 Å². The fraction of sp³-hybridized carbons (Fsp3) is 0.429. The molecule has 66 valence electrons. The quantitative estimate of drug-likeness (QED) is 0.717. The highest BCUT2D eigenvalue weighted by molar-refractivity contribution is 7.09. The van der Waals surface area contributed by atoms with Gasteiger partial charge in [0.1, 0.15) is 0 Å². The fourth-order valence-corrected chi connectivity index (χ4v) is 1.59. The third-order valence-electron chi connectivity index (χ3n) is 1.36. The molecule has 4 nitrogen and oxygen atoms in total. The number of thiazole rings is 1. The number of aromatic nitrogens is 1. The van der Waals surface area contributed by atoms with Crippen molar-refractivity contribution < 1.29 is 9.90 Å². The molecule has 3 N–H and O–H groups in total. The van der Waals surface area contributed by atoms with Crippen molar-refractivity contribution in [3.05, 3.63) is 16.6 Å². The van der Waals surface area contributed by atoms with Gasteiger partial charge in [-0.1, -0.05) is 0 Å². The Hall–Kier alpha value is -0.940. The Morgan fingerprint density at radius 1 is 1.83 bits per heavy atom. The minimum Gasteiger partial charge on any atom is -0.481 e. The van der Waals surface area contributed by atoms with Gasteiger partial charge in [-0.15, -0.1) is 11.3 Å². The maximum absolute atomic E-state index is 10.2. The van der Waals surface area contributed by atoms with E-state index in [1.807, 2.05) is 5.38 Å². The monoisotopic (exact) mass is 186 g/mol. The number of hydrogen-bond donors (Lipinski definition) is 2. The topological polar surface area (TPSA) is 76.2 Å². The second-order valence-corrected chi connectivity index (χ2v) is 3.47. The molecule has 0 spiro atoms. The molecule has 1 unspecified atom stereocenters. The largest absolute Gasteiger partial charge is 0.481 e. The lowest BCUT2D eigenvalue weighted by molar-refractivity contribution is -0.137. The summed E-state index contributed by atoms with van der Waals surface area (Å²) in [5.41, 5.74) is 5.55. The minimum atomic E-state index is -0.862. The summed E-state index contributed by atoms with van der Waals surface area (Å²) in [6.07, 6.45) is 2.23. The summed E-state index contributed by atoms with van der Waals surface area (Å²) >= 11 is 1.49. The molecule has 0 radical (unpaired) electrons. The summed E-state index contributed by atoms with van der Waals surface area (Å²) < 4.78 is 0. The van der Waals surface area contributed by atoms with Crippen LogP contribution in [0.3, 0.4) is 0 Å². The molecular formula is C7H10N2O2S. The summed E-state index contributed by atoms with van der Waals surface area (Å²) in [4.78, 5) is 14.3. The molecule has 0 fully saturated rings. The molecule has 0 amide bonds. The lowest BCUT2D eigenvalue weighted by Gasteiger charge is -2.04. The van der Waals surface area contributed by atoms with Crippen LogP contribution in [0, 0.1) is 0 Å². The molecule has 0 saturated heterocycles. The van der Waals surface area contributed by atoms with Crippen molar-refractivity contribution >= 4 is 17.3 Å². The van der Waals surface area contributed by atoms with E-state index in [-0.39, 0.29) is 12.5 Å². The third kappa shape index (κ3) is 2.98. The van der Waals surface area contributed by atoms with Gasteiger partial charge in [0.25, 0.3) is 0 Å². The van der Waals surface area contributed by atoms with E-state index in [1.165, 1.54) is 11.3 Å². The first-order valence-corrected chi connectivity index (χ1v) is 4.42. The van der Waals surface area contributed by atoms with Gasteiger partial charge in [0.15, 0.2) is 0 Å². The van der Waals surface area contributed by atoms with Crippen LogP contribution in [0.2, 0.25) is 0 Å². The lowest BCUT2D eigenvalue weighted by atomic mass is 10.1. The fourth-order valence-electron chi connectivity index (χ4n) is 0.875. The molecule has 0 saturated carbocycles. The van der Waals surface area contributed by atoms with Crippen molar-refractivity contribution in [2.45, 2.75) is 18.9 Å². The van der Waals surface area contributed by atoms with Crippen LogP contribution in [0.5, 0.6) is 0 Å². The Balaban J connectivity index is 2.36. The number of carbonyl (C=O) groups is 1. The van der Waals surface area contributed by atoms with Crippen LogP contribution in [0.15, 0.2) is 11.6 Å². The second-order valence-electron chi connectivity index (χ2n) is 2.49. The SMILES string of the molecule is NC(CC(=O)O)Cc1nccs1. The molecular weight excluding hydrogens is 176 g/mol. The highest BCUT2D eigenvalue weighted by atomic mass is 32.1. The van der Waals surface area contributed by atoms with Gasteiger partial charge in [-0.05, 0) is 0 Å². The van der Waals surface area contributed by atoms with E-state index >= 15 is 0 Å². The predicted octanol–water partition coefficient (Wildman–Crippen LogP) is 0.488. The van der Waals surface area contributed by atoms with Gasteiger partial charge in [0.05, 0.1) is 11.4 Å². The number of carboxylic acids is 1. The Labute approximate surface area is 74.0 Å². The van der Waals surface area contributed by atoms with Crippen LogP contribution in [-0.2, 0) is 11.2 Å². The molecule has 0 aliphatic rings. The molecule has 1 rings (SSSR count). The maximum Gasteiger partial charge on any atom is 0.304 e. The summed E-state index contributed by atoms with van der Waals surface area (Å²) in [5.74, 6) is -0.862. The van der Waals surface area contributed by atoms with Gasteiger partial charge >= 0.3 is 5.97 Å². The average molecular weight is 186 g/mol. The van der Waals surface area contributed by atoms with Crippen molar-refractivity contribution in [1.29, 1.82) is 0 Å². The van der Waals surface area contributed by atoms with Crippen LogP contribution in [0.1, 0.15) is 11.4 Å². The van der Waals surface area contributed by atoms with Gasteiger partial charge in [-0.25, -0.2) is 4.98 Å². The van der Waals surface area contributed by atoms with Gasteiger partial charge in [-0.2, -0.15) is 0 Å². The molecule has 0 bridgehead atoms. The van der Waals surface area contributed by atoms with Crippen molar-refractivity contribution in [3.63, 3.8) is 0 Å². The zero-order valence-corrected chi connectivity index (χ0v) is 7.25. The number of rotatable bonds is 4. The van der Waals surface area contributed by atoms with Gasteiger partial charge in [-0.3, -0.25) is 4.79 Å². The van der Waals surface area contributed by atoms with Gasteiger partial charge in [0.2, 0.25) is 0 Å². The van der Waals surface area contributed by atoms with E-state index in [4.69, 9.17) is 10.8 Å². The van der Waals surface area contributed by atoms with E-state index in [0.717, 1.165) is 5.01 Å². The summed E-state index contributed by atoms with van der Waals surface area (Å²) in [6.45, 7) is 0. The first-order chi connectivity index (χ1) is 5.68. The smallest absolute Gasteiger partial charge is 0.304 e. The number of nitrogens with zero attached hydrogens (tertiary/aromatic N) is 1. The van der Waals surface area contributed by atoms with E-state index < -0.39 is 5.97 Å². The molecule has 12 heavy (non-hydrogen) atoms. The van der Waals surface area contributed by atoms with E-state index in [9.17, 15) is 4.79 Å². The van der Waals surface area contributed by atoms with Crippen molar-refractivity contribution in [2.24, 2.45) is 5.73 Å². The van der Waals surface area contributed by atoms with Crippen molar-refractivity contribution in [3.8, 4) is 0 Å². The van der Waals surface area contributed by atoms with Crippen molar-refractivity contribution in [1.82, 2.24) is 4.98 Å². The molecule has 1 heterocycles. The Morgan fingerprint density at radius 3 is 3.08 bits per heavy atom. The standard InChI is InChI=1S/C7H10N2O2S/c8-5(4-7(10)11)3-6-9-1-2-12-6/h1-2,5H,3-4,8H2,(H,10,11). The van der Waals surface area contributed by atoms with Crippen LogP contribution >= 0.6 is 11.3 Å². The zero-order chi connectivity index (χ0) is 8.97. The molecule has 0 aromatic carbocycles. The van der Waals surface area contributed by atoms with Crippen LogP contribution < -0.4 is 5.73 Å². The summed E-state index contributed by atoms with van der Waals surface area (Å²) in [6, 6.07) is -0.325. The van der Waals surface area contributed by atoms with E-state index in [2.05, 4.69) is 4.98 Å². The number of hydrogen-bond acceptors (Lipinski definition) is 4. The van der Waals surface area contributed by atoms with Gasteiger partial charge < -0.3 is 10.8 Å². The Morgan fingerprint density at radius 2 is 2.58 bits per heavy atom. The molecule has 1 aromatic rings. The van der Waals surface area contributed by atoms with E-state index in [0.29, 0.717) is 6.42 Å². The number of nitrogens with two attached hydrogens (primary N) is 1. The lowest BCUT2D eigenvalue weighted by Crippen LogP contribution is -2.25. The highest BCUT2D eigenvalue weighted by Crippen LogP contribution is 2.07.